The van der Waals surface area contributed by atoms with Crippen LogP contribution in [0.1, 0.15) is 13.8 Å². The normalized spacial score (nSPS) is 11.6. The molecule has 0 bridgehead atoms. The van der Waals surface area contributed by atoms with Gasteiger partial charge in [0.2, 0.25) is 11.2 Å². The molecule has 0 spiro atoms. The average molecular weight is 524 g/mol. The highest BCUT2D eigenvalue weighted by molar-refractivity contribution is 6.31. The zero-order valence-electron chi connectivity index (χ0n) is 20.8. The van der Waals surface area contributed by atoms with Crippen LogP contribution in [0.25, 0.3) is 22.3 Å². The summed E-state index contributed by atoms with van der Waals surface area (Å²) in [6.07, 6.45) is -1.04. The first-order chi connectivity index (χ1) is 17.8. The molecule has 1 atom stereocenters. The highest BCUT2D eigenvalue weighted by Crippen LogP contribution is 2.37. The molecule has 0 saturated carbocycles. The lowest BCUT2D eigenvalue weighted by molar-refractivity contribution is -0.122. The molecule has 8 nitrogen and oxygen atoms in total. The minimum atomic E-state index is -1.04. The van der Waals surface area contributed by atoms with Crippen molar-refractivity contribution in [1.29, 1.82) is 0 Å². The van der Waals surface area contributed by atoms with Gasteiger partial charge < -0.3 is 28.7 Å². The smallest absolute Gasteiger partial charge is 0.265 e. The fourth-order valence-electron chi connectivity index (χ4n) is 3.70. The number of methoxy groups -OCH3 is 2. The molecule has 1 aromatic heterocycles. The number of rotatable bonds is 9. The molecule has 0 aliphatic rings. The van der Waals surface area contributed by atoms with Gasteiger partial charge in [-0.1, -0.05) is 11.6 Å². The zero-order valence-corrected chi connectivity index (χ0v) is 21.5. The molecule has 0 saturated heterocycles. The van der Waals surface area contributed by atoms with Gasteiger partial charge in [-0.3, -0.25) is 9.59 Å². The lowest BCUT2D eigenvalue weighted by Gasteiger charge is -2.17. The van der Waals surface area contributed by atoms with Gasteiger partial charge >= 0.3 is 0 Å². The molecule has 1 heterocycles. The molecule has 1 N–H and O–H groups in total. The molecule has 37 heavy (non-hydrogen) atoms. The van der Waals surface area contributed by atoms with E-state index >= 15 is 0 Å². The SMILES string of the molecule is CCOc1ccc(NC(=O)C(C)Oc2c(-c3ccc(OC)c(OC)c3)oc3ccc(Cl)cc3c2=O)cc1. The number of ether oxygens (including phenoxy) is 4. The van der Waals surface area contributed by atoms with Crippen molar-refractivity contribution in [1.82, 2.24) is 0 Å². The van der Waals surface area contributed by atoms with Crippen LogP contribution >= 0.6 is 11.6 Å². The number of fused-ring (bicyclic) bond motifs is 1. The van der Waals surface area contributed by atoms with Gasteiger partial charge in [-0.05, 0) is 74.5 Å². The minimum Gasteiger partial charge on any atom is -0.494 e. The average Bonchev–Trinajstić information content (AvgIpc) is 2.91. The van der Waals surface area contributed by atoms with E-state index in [0.29, 0.717) is 45.7 Å². The summed E-state index contributed by atoms with van der Waals surface area (Å²) in [5.74, 6) is 1.19. The lowest BCUT2D eigenvalue weighted by atomic mass is 10.1. The van der Waals surface area contributed by atoms with E-state index in [-0.39, 0.29) is 16.9 Å². The molecule has 4 rings (SSSR count). The van der Waals surface area contributed by atoms with Crippen molar-refractivity contribution in [3.05, 3.63) is 75.9 Å². The van der Waals surface area contributed by atoms with Crippen LogP contribution in [0.2, 0.25) is 5.02 Å². The second-order valence-corrected chi connectivity index (χ2v) is 8.44. The highest BCUT2D eigenvalue weighted by atomic mass is 35.5. The van der Waals surface area contributed by atoms with E-state index in [9.17, 15) is 9.59 Å². The monoisotopic (exact) mass is 523 g/mol. The van der Waals surface area contributed by atoms with Gasteiger partial charge in [0.15, 0.2) is 23.4 Å². The van der Waals surface area contributed by atoms with Crippen molar-refractivity contribution < 1.29 is 28.2 Å². The van der Waals surface area contributed by atoms with Gasteiger partial charge in [0, 0.05) is 16.3 Å². The second-order valence-electron chi connectivity index (χ2n) is 8.01. The van der Waals surface area contributed by atoms with Crippen LogP contribution in [-0.2, 0) is 4.79 Å². The van der Waals surface area contributed by atoms with Crippen molar-refractivity contribution in [3.8, 4) is 34.3 Å². The number of benzene rings is 3. The Bertz CT molecular complexity index is 1480. The predicted octanol–water partition coefficient (Wildman–Crippen LogP) is 5.94. The number of carbonyl (C=O) groups is 1. The van der Waals surface area contributed by atoms with E-state index in [1.165, 1.54) is 20.3 Å². The standard InChI is InChI=1S/C28H26ClNO7/c1-5-35-20-10-8-19(9-11-20)30-28(32)16(2)36-27-25(31)21-15-18(29)7-13-22(21)37-26(27)17-6-12-23(33-3)24(14-17)34-4/h6-16H,5H2,1-4H3,(H,30,32). The Morgan fingerprint density at radius 2 is 1.73 bits per heavy atom. The molecule has 4 aromatic rings. The van der Waals surface area contributed by atoms with Crippen molar-refractivity contribution in [2.45, 2.75) is 20.0 Å². The molecule has 3 aromatic carbocycles. The highest BCUT2D eigenvalue weighted by Gasteiger charge is 2.24. The van der Waals surface area contributed by atoms with Crippen LogP contribution in [0.5, 0.6) is 23.0 Å². The third kappa shape index (κ3) is 5.65. The first kappa shape index (κ1) is 25.9. The Hall–Kier alpha value is -4.17. The van der Waals surface area contributed by atoms with E-state index in [1.54, 1.807) is 61.5 Å². The summed E-state index contributed by atoms with van der Waals surface area (Å²) in [5, 5.41) is 3.37. The molecule has 192 valence electrons. The van der Waals surface area contributed by atoms with Crippen LogP contribution in [0.3, 0.4) is 0 Å². The van der Waals surface area contributed by atoms with Gasteiger partial charge in [0.05, 0.1) is 26.2 Å². The van der Waals surface area contributed by atoms with E-state index in [1.807, 2.05) is 6.92 Å². The Labute approximate surface area is 218 Å². The first-order valence-electron chi connectivity index (χ1n) is 11.5. The maximum absolute atomic E-state index is 13.5. The predicted molar refractivity (Wildman–Crippen MR) is 142 cm³/mol. The summed E-state index contributed by atoms with van der Waals surface area (Å²) < 4.78 is 28.2. The van der Waals surface area contributed by atoms with Crippen LogP contribution in [-0.4, -0.2) is 32.8 Å². The third-order valence-electron chi connectivity index (χ3n) is 5.55. The fraction of sp³-hybridized carbons (Fsp3) is 0.214. The van der Waals surface area contributed by atoms with E-state index in [0.717, 1.165) is 0 Å². The maximum atomic E-state index is 13.5. The van der Waals surface area contributed by atoms with E-state index in [4.69, 9.17) is 35.0 Å². The molecule has 0 aliphatic heterocycles. The molecule has 1 amide bonds. The number of anilines is 1. The van der Waals surface area contributed by atoms with Crippen molar-refractivity contribution in [3.63, 3.8) is 0 Å². The summed E-state index contributed by atoms with van der Waals surface area (Å²) in [5.41, 5.74) is 0.911. The van der Waals surface area contributed by atoms with E-state index in [2.05, 4.69) is 5.32 Å². The van der Waals surface area contributed by atoms with Crippen LogP contribution in [0.15, 0.2) is 69.9 Å². The topological polar surface area (TPSA) is 96.2 Å². The molecule has 0 aliphatic carbocycles. The second kappa shape index (κ2) is 11.3. The van der Waals surface area contributed by atoms with Crippen molar-refractivity contribution >= 4 is 34.2 Å². The molecule has 9 heteroatoms. The third-order valence-corrected chi connectivity index (χ3v) is 5.79. The van der Waals surface area contributed by atoms with Crippen LogP contribution < -0.4 is 29.7 Å². The quantitative estimate of drug-likeness (QED) is 0.290. The number of hydrogen-bond donors (Lipinski definition) is 1. The number of amides is 1. The molecule has 1 unspecified atom stereocenters. The van der Waals surface area contributed by atoms with Gasteiger partial charge in [0.1, 0.15) is 11.3 Å². The molecular formula is C28H26ClNO7. The molecular weight excluding hydrogens is 498 g/mol. The number of hydrogen-bond acceptors (Lipinski definition) is 7. The van der Waals surface area contributed by atoms with Crippen LogP contribution in [0.4, 0.5) is 5.69 Å². The maximum Gasteiger partial charge on any atom is 0.265 e. The minimum absolute atomic E-state index is 0.128. The van der Waals surface area contributed by atoms with Crippen molar-refractivity contribution in [2.75, 3.05) is 26.1 Å². The fourth-order valence-corrected chi connectivity index (χ4v) is 3.87. The summed E-state index contributed by atoms with van der Waals surface area (Å²) in [7, 11) is 3.03. The Kier molecular flexibility index (Phi) is 7.89. The van der Waals surface area contributed by atoms with Gasteiger partial charge in [-0.2, -0.15) is 0 Å². The Morgan fingerprint density at radius 1 is 1.00 bits per heavy atom. The largest absolute Gasteiger partial charge is 0.494 e. The summed E-state index contributed by atoms with van der Waals surface area (Å²) in [4.78, 5) is 26.5. The number of carbonyl (C=O) groups excluding carboxylic acids is 1. The van der Waals surface area contributed by atoms with Crippen LogP contribution in [0, 0.1) is 0 Å². The molecule has 0 fully saturated rings. The summed E-state index contributed by atoms with van der Waals surface area (Å²) in [6, 6.07) is 16.7. The van der Waals surface area contributed by atoms with Crippen molar-refractivity contribution in [2.24, 2.45) is 0 Å². The molecule has 0 radical (unpaired) electrons. The Morgan fingerprint density at radius 3 is 2.41 bits per heavy atom. The van der Waals surface area contributed by atoms with Gasteiger partial charge in [0.25, 0.3) is 5.91 Å². The summed E-state index contributed by atoms with van der Waals surface area (Å²) >= 11 is 6.13. The lowest BCUT2D eigenvalue weighted by Crippen LogP contribution is -2.31. The Balaban J connectivity index is 1.71. The number of halogens is 1. The van der Waals surface area contributed by atoms with Gasteiger partial charge in [-0.25, -0.2) is 0 Å². The van der Waals surface area contributed by atoms with E-state index < -0.39 is 17.4 Å². The van der Waals surface area contributed by atoms with Gasteiger partial charge in [-0.15, -0.1) is 0 Å². The number of nitrogens with one attached hydrogen (secondary N) is 1. The zero-order chi connectivity index (χ0) is 26.5. The summed E-state index contributed by atoms with van der Waals surface area (Å²) in [6.45, 7) is 3.98. The first-order valence-corrected chi connectivity index (χ1v) is 11.9.